The maximum Gasteiger partial charge on any atom is 0.188 e. The van der Waals surface area contributed by atoms with Crippen LogP contribution in [0.1, 0.15) is 30.5 Å². The summed E-state index contributed by atoms with van der Waals surface area (Å²) in [6.45, 7) is 6.55. The van der Waals surface area contributed by atoms with Crippen LogP contribution in [0, 0.1) is 0 Å². The first-order chi connectivity index (χ1) is 13.9. The van der Waals surface area contributed by atoms with Crippen LogP contribution in [0.5, 0.6) is 11.5 Å². The van der Waals surface area contributed by atoms with E-state index in [4.69, 9.17) is 15.2 Å². The van der Waals surface area contributed by atoms with Gasteiger partial charge in [0.25, 0.3) is 0 Å². The maximum atomic E-state index is 6.07. The lowest BCUT2D eigenvalue weighted by Crippen LogP contribution is -2.33. The molecule has 3 N–H and O–H groups in total. The highest BCUT2D eigenvalue weighted by Crippen LogP contribution is 2.27. The standard InChI is InChI=1S/C23H34N4O2.HI/c1-17(2)27(3)16-20-9-7-6-8-19(20)15-26-23(24)25-13-12-18-10-11-21(28-4)22(14-18)29-5;/h6-11,14,17H,12-13,15-16H2,1-5H3,(H3,24,25,26);1H. The van der Waals surface area contributed by atoms with E-state index in [1.165, 1.54) is 11.1 Å². The molecule has 0 unspecified atom stereocenters. The fraction of sp³-hybridized carbons (Fsp3) is 0.435. The molecule has 166 valence electrons. The molecular formula is C23H35IN4O2. The Morgan fingerprint density at radius 2 is 1.73 bits per heavy atom. The van der Waals surface area contributed by atoms with Crippen molar-refractivity contribution >= 4 is 29.9 Å². The fourth-order valence-electron chi connectivity index (χ4n) is 2.91. The van der Waals surface area contributed by atoms with Crippen molar-refractivity contribution < 1.29 is 9.47 Å². The van der Waals surface area contributed by atoms with Gasteiger partial charge in [0.15, 0.2) is 17.5 Å². The zero-order chi connectivity index (χ0) is 21.2. The van der Waals surface area contributed by atoms with E-state index < -0.39 is 0 Å². The SMILES string of the molecule is COc1ccc(CCNC(N)=NCc2ccccc2CN(C)C(C)C)cc1OC.I. The molecule has 0 radical (unpaired) electrons. The lowest BCUT2D eigenvalue weighted by Gasteiger charge is -2.22. The van der Waals surface area contributed by atoms with Crippen LogP contribution >= 0.6 is 24.0 Å². The van der Waals surface area contributed by atoms with Gasteiger partial charge in [-0.2, -0.15) is 0 Å². The van der Waals surface area contributed by atoms with Gasteiger partial charge in [0, 0.05) is 19.1 Å². The van der Waals surface area contributed by atoms with Crippen molar-refractivity contribution in [2.45, 2.75) is 39.4 Å². The fourth-order valence-corrected chi connectivity index (χ4v) is 2.91. The van der Waals surface area contributed by atoms with Crippen LogP contribution in [-0.2, 0) is 19.5 Å². The Morgan fingerprint density at radius 3 is 2.37 bits per heavy atom. The maximum absolute atomic E-state index is 6.07. The Hall–Kier alpha value is -2.00. The molecule has 0 aromatic heterocycles. The summed E-state index contributed by atoms with van der Waals surface area (Å²) in [7, 11) is 5.41. The zero-order valence-corrected chi connectivity index (χ0v) is 21.0. The Balaban J connectivity index is 0.00000450. The van der Waals surface area contributed by atoms with Crippen molar-refractivity contribution in [3.63, 3.8) is 0 Å². The van der Waals surface area contributed by atoms with E-state index >= 15 is 0 Å². The number of halogens is 1. The largest absolute Gasteiger partial charge is 0.493 e. The number of benzene rings is 2. The topological polar surface area (TPSA) is 72.1 Å². The number of nitrogens with one attached hydrogen (secondary N) is 1. The van der Waals surface area contributed by atoms with E-state index in [0.29, 0.717) is 25.1 Å². The first kappa shape index (κ1) is 26.0. The van der Waals surface area contributed by atoms with E-state index in [0.717, 1.165) is 30.0 Å². The van der Waals surface area contributed by atoms with Crippen LogP contribution in [0.15, 0.2) is 47.5 Å². The molecule has 0 heterocycles. The summed E-state index contributed by atoms with van der Waals surface area (Å²) in [5.41, 5.74) is 9.70. The smallest absolute Gasteiger partial charge is 0.188 e. The second kappa shape index (κ2) is 13.3. The van der Waals surface area contributed by atoms with E-state index in [1.54, 1.807) is 14.2 Å². The molecule has 2 rings (SSSR count). The van der Waals surface area contributed by atoms with Crippen LogP contribution < -0.4 is 20.5 Å². The average molecular weight is 526 g/mol. The van der Waals surface area contributed by atoms with Gasteiger partial charge in [0.2, 0.25) is 0 Å². The molecule has 0 aliphatic heterocycles. The van der Waals surface area contributed by atoms with Gasteiger partial charge in [0.1, 0.15) is 0 Å². The lowest BCUT2D eigenvalue weighted by atomic mass is 10.1. The Bertz CT molecular complexity index is 812. The average Bonchev–Trinajstić information content (AvgIpc) is 2.72. The van der Waals surface area contributed by atoms with Gasteiger partial charge in [0.05, 0.1) is 20.8 Å². The molecule has 7 heteroatoms. The minimum absolute atomic E-state index is 0. The Morgan fingerprint density at radius 1 is 1.07 bits per heavy atom. The summed E-state index contributed by atoms with van der Waals surface area (Å²) < 4.78 is 10.6. The molecule has 0 aliphatic carbocycles. The van der Waals surface area contributed by atoms with Gasteiger partial charge in [-0.15, -0.1) is 24.0 Å². The molecule has 2 aromatic rings. The highest BCUT2D eigenvalue weighted by atomic mass is 127. The number of hydrogen-bond acceptors (Lipinski definition) is 4. The highest BCUT2D eigenvalue weighted by molar-refractivity contribution is 14.0. The summed E-state index contributed by atoms with van der Waals surface area (Å²) in [4.78, 5) is 6.83. The molecular weight excluding hydrogens is 491 g/mol. The molecule has 0 bridgehead atoms. The number of ether oxygens (including phenoxy) is 2. The number of nitrogens with zero attached hydrogens (tertiary/aromatic N) is 2. The summed E-state index contributed by atoms with van der Waals surface area (Å²) in [5, 5.41) is 3.19. The molecule has 0 saturated carbocycles. The molecule has 6 nitrogen and oxygen atoms in total. The predicted octanol–water partition coefficient (Wildman–Crippen LogP) is 3.81. The zero-order valence-electron chi connectivity index (χ0n) is 18.6. The molecule has 0 amide bonds. The van der Waals surface area contributed by atoms with Gasteiger partial charge in [-0.25, -0.2) is 4.99 Å². The van der Waals surface area contributed by atoms with Crippen molar-refractivity contribution in [3.8, 4) is 11.5 Å². The third kappa shape index (κ3) is 8.02. The quantitative estimate of drug-likeness (QED) is 0.280. The molecule has 0 atom stereocenters. The van der Waals surface area contributed by atoms with Crippen molar-refractivity contribution in [1.82, 2.24) is 10.2 Å². The normalized spacial score (nSPS) is 11.4. The second-order valence-electron chi connectivity index (χ2n) is 7.35. The number of guanidine groups is 1. The van der Waals surface area contributed by atoms with Gasteiger partial charge in [-0.1, -0.05) is 30.3 Å². The Labute approximate surface area is 197 Å². The van der Waals surface area contributed by atoms with Crippen LogP contribution in [0.4, 0.5) is 0 Å². The van der Waals surface area contributed by atoms with Gasteiger partial charge in [-0.05, 0) is 56.1 Å². The van der Waals surface area contributed by atoms with Crippen LogP contribution in [-0.4, -0.2) is 44.7 Å². The van der Waals surface area contributed by atoms with E-state index in [1.807, 2.05) is 24.3 Å². The third-order valence-corrected chi connectivity index (χ3v) is 5.01. The molecule has 2 aromatic carbocycles. The summed E-state index contributed by atoms with van der Waals surface area (Å²) in [5.74, 6) is 1.92. The van der Waals surface area contributed by atoms with E-state index in [9.17, 15) is 0 Å². The van der Waals surface area contributed by atoms with Crippen molar-refractivity contribution in [2.75, 3.05) is 27.8 Å². The van der Waals surface area contributed by atoms with Gasteiger partial charge in [-0.3, -0.25) is 4.90 Å². The van der Waals surface area contributed by atoms with Crippen LogP contribution in [0.25, 0.3) is 0 Å². The van der Waals surface area contributed by atoms with Crippen LogP contribution in [0.2, 0.25) is 0 Å². The number of hydrogen-bond donors (Lipinski definition) is 2. The monoisotopic (exact) mass is 526 g/mol. The number of aliphatic imine (C=N–C) groups is 1. The van der Waals surface area contributed by atoms with Crippen molar-refractivity contribution in [3.05, 3.63) is 59.2 Å². The van der Waals surface area contributed by atoms with Crippen LogP contribution in [0.3, 0.4) is 0 Å². The predicted molar refractivity (Wildman–Crippen MR) is 135 cm³/mol. The number of nitrogens with two attached hydrogens (primary N) is 1. The van der Waals surface area contributed by atoms with E-state index in [2.05, 4.69) is 54.3 Å². The Kier molecular flexibility index (Phi) is 11.6. The molecule has 30 heavy (non-hydrogen) atoms. The summed E-state index contributed by atoms with van der Waals surface area (Å²) in [6.07, 6.45) is 0.812. The third-order valence-electron chi connectivity index (χ3n) is 5.01. The summed E-state index contributed by atoms with van der Waals surface area (Å²) >= 11 is 0. The van der Waals surface area contributed by atoms with E-state index in [-0.39, 0.29) is 24.0 Å². The minimum atomic E-state index is 0. The van der Waals surface area contributed by atoms with Gasteiger partial charge < -0.3 is 20.5 Å². The number of rotatable bonds is 10. The summed E-state index contributed by atoms with van der Waals surface area (Å²) in [6, 6.07) is 14.8. The highest BCUT2D eigenvalue weighted by Gasteiger charge is 2.08. The molecule has 0 saturated heterocycles. The molecule has 0 fully saturated rings. The first-order valence-electron chi connectivity index (χ1n) is 9.96. The second-order valence-corrected chi connectivity index (χ2v) is 7.35. The molecule has 0 spiro atoms. The van der Waals surface area contributed by atoms with Crippen molar-refractivity contribution in [1.29, 1.82) is 0 Å². The lowest BCUT2D eigenvalue weighted by molar-refractivity contribution is 0.265. The first-order valence-corrected chi connectivity index (χ1v) is 9.96. The minimum Gasteiger partial charge on any atom is -0.493 e. The number of methoxy groups -OCH3 is 2. The van der Waals surface area contributed by atoms with Crippen molar-refractivity contribution in [2.24, 2.45) is 10.7 Å². The van der Waals surface area contributed by atoms with Gasteiger partial charge >= 0.3 is 0 Å². The molecule has 0 aliphatic rings.